The van der Waals surface area contributed by atoms with Crippen molar-refractivity contribution in [2.75, 3.05) is 38.3 Å². The van der Waals surface area contributed by atoms with Crippen LogP contribution < -0.4 is 11.1 Å². The molecule has 0 aliphatic heterocycles. The van der Waals surface area contributed by atoms with E-state index in [1.165, 1.54) is 12.7 Å². The molecule has 2 heterocycles. The van der Waals surface area contributed by atoms with Gasteiger partial charge in [0, 0.05) is 24.2 Å². The maximum atomic E-state index is 12.1. The average molecular weight is 480 g/mol. The van der Waals surface area contributed by atoms with Gasteiger partial charge in [0.25, 0.3) is 0 Å². The Kier molecular flexibility index (Phi) is 8.27. The number of fused-ring (bicyclic) bond motifs is 1. The monoisotopic (exact) mass is 479 g/mol. The Morgan fingerprint density at radius 3 is 2.37 bits per heavy atom. The Morgan fingerprint density at radius 2 is 1.74 bits per heavy atom. The summed E-state index contributed by atoms with van der Waals surface area (Å²) in [7, 11) is 3.54. The van der Waals surface area contributed by atoms with Crippen molar-refractivity contribution < 1.29 is 14.0 Å². The van der Waals surface area contributed by atoms with Gasteiger partial charge >= 0.3 is 5.97 Å². The van der Waals surface area contributed by atoms with Gasteiger partial charge in [-0.25, -0.2) is 14.8 Å². The van der Waals surface area contributed by atoms with Crippen molar-refractivity contribution in [1.29, 1.82) is 0 Å². The highest BCUT2D eigenvalue weighted by Gasteiger charge is 2.38. The molecule has 3 N–H and O–H groups in total. The van der Waals surface area contributed by atoms with E-state index in [0.29, 0.717) is 23.3 Å². The molecule has 0 aliphatic rings. The standard InChI is InChI=1S/C27H39N6O2/c1-7-8-15-29-25-24-22(31-26(28)32-25)14-13-21(30-24)16-19-9-11-20(12-10-19)17-33(5,27(2,3)4)18-23(34)35-6/h9-14H,7-8,15-18H2,1-6H3,(H3,28,29,31,32)/q+1. The number of anilines is 2. The molecule has 8 nitrogen and oxygen atoms in total. The maximum Gasteiger partial charge on any atom is 0.361 e. The summed E-state index contributed by atoms with van der Waals surface area (Å²) >= 11 is 0. The number of carbonyl (C=O) groups is 1. The van der Waals surface area contributed by atoms with Crippen LogP contribution in [0.15, 0.2) is 36.4 Å². The van der Waals surface area contributed by atoms with Crippen molar-refractivity contribution in [2.45, 2.75) is 59.0 Å². The lowest BCUT2D eigenvalue weighted by atomic mass is 9.99. The lowest BCUT2D eigenvalue weighted by Crippen LogP contribution is -2.59. The van der Waals surface area contributed by atoms with E-state index in [4.69, 9.17) is 15.5 Å². The first-order chi connectivity index (χ1) is 16.5. The van der Waals surface area contributed by atoms with E-state index in [1.54, 1.807) is 0 Å². The molecule has 0 bridgehead atoms. The molecular weight excluding hydrogens is 440 g/mol. The van der Waals surface area contributed by atoms with Crippen molar-refractivity contribution in [1.82, 2.24) is 15.0 Å². The number of esters is 1. The molecule has 8 heteroatoms. The van der Waals surface area contributed by atoms with E-state index < -0.39 is 0 Å². The number of benzene rings is 1. The van der Waals surface area contributed by atoms with Crippen LogP contribution in [-0.2, 0) is 22.5 Å². The van der Waals surface area contributed by atoms with E-state index in [2.05, 4.69) is 74.3 Å². The highest BCUT2D eigenvalue weighted by molar-refractivity contribution is 5.86. The second-order valence-corrected chi connectivity index (χ2v) is 10.3. The van der Waals surface area contributed by atoms with E-state index in [1.807, 2.05) is 12.1 Å². The number of pyridine rings is 1. The summed E-state index contributed by atoms with van der Waals surface area (Å²) in [5.74, 6) is 0.730. The molecule has 0 saturated carbocycles. The molecule has 0 saturated heterocycles. The second kappa shape index (κ2) is 11.0. The summed E-state index contributed by atoms with van der Waals surface area (Å²) in [6, 6.07) is 12.5. The van der Waals surface area contributed by atoms with Gasteiger partial charge in [0.05, 0.1) is 25.2 Å². The van der Waals surface area contributed by atoms with E-state index >= 15 is 0 Å². The van der Waals surface area contributed by atoms with Gasteiger partial charge in [0.15, 0.2) is 12.4 Å². The number of nitrogens with two attached hydrogens (primary N) is 1. The number of nitrogens with one attached hydrogen (secondary N) is 1. The van der Waals surface area contributed by atoms with Crippen LogP contribution in [0.3, 0.4) is 0 Å². The predicted molar refractivity (Wildman–Crippen MR) is 141 cm³/mol. The molecule has 2 aromatic heterocycles. The zero-order valence-electron chi connectivity index (χ0n) is 21.9. The maximum absolute atomic E-state index is 12.1. The van der Waals surface area contributed by atoms with Crippen molar-refractivity contribution in [3.8, 4) is 0 Å². The van der Waals surface area contributed by atoms with Crippen molar-refractivity contribution in [3.05, 3.63) is 53.2 Å². The molecule has 0 radical (unpaired) electrons. The first-order valence-corrected chi connectivity index (χ1v) is 12.2. The van der Waals surface area contributed by atoms with E-state index in [-0.39, 0.29) is 17.5 Å². The van der Waals surface area contributed by atoms with Crippen LogP contribution in [0, 0.1) is 0 Å². The SMILES string of the molecule is CCCCNc1nc(N)nc2ccc(Cc3ccc(C[N+](C)(CC(=O)OC)C(C)(C)C)cc3)nc12. The third-order valence-electron chi connectivity index (χ3n) is 6.71. The van der Waals surface area contributed by atoms with Gasteiger partial charge < -0.3 is 20.3 Å². The van der Waals surface area contributed by atoms with Gasteiger partial charge in [-0.15, -0.1) is 0 Å². The zero-order valence-corrected chi connectivity index (χ0v) is 21.9. The molecule has 1 aromatic carbocycles. The molecule has 35 heavy (non-hydrogen) atoms. The third kappa shape index (κ3) is 6.66. The van der Waals surface area contributed by atoms with Gasteiger partial charge in [0.2, 0.25) is 5.95 Å². The van der Waals surface area contributed by atoms with Crippen LogP contribution in [0.25, 0.3) is 11.0 Å². The molecule has 3 rings (SSSR count). The summed E-state index contributed by atoms with van der Waals surface area (Å²) in [5, 5.41) is 3.35. The van der Waals surface area contributed by atoms with E-state index in [0.717, 1.165) is 48.2 Å². The fourth-order valence-corrected chi connectivity index (χ4v) is 3.93. The first kappa shape index (κ1) is 26.3. The summed E-state index contributed by atoms with van der Waals surface area (Å²) < 4.78 is 5.51. The number of unbranched alkanes of at least 4 members (excludes halogenated alkanes) is 1. The van der Waals surface area contributed by atoms with Gasteiger partial charge in [-0.3, -0.25) is 0 Å². The number of nitrogen functional groups attached to an aromatic ring is 1. The lowest BCUT2D eigenvalue weighted by Gasteiger charge is -2.45. The number of likely N-dealkylation sites (N-methyl/N-ethyl adjacent to an activating group) is 1. The summed E-state index contributed by atoms with van der Waals surface area (Å²) in [4.78, 5) is 25.6. The smallest absolute Gasteiger partial charge is 0.361 e. The summed E-state index contributed by atoms with van der Waals surface area (Å²) in [6.07, 6.45) is 2.84. The van der Waals surface area contributed by atoms with Crippen molar-refractivity contribution >= 4 is 28.8 Å². The van der Waals surface area contributed by atoms with Crippen molar-refractivity contribution in [2.24, 2.45) is 0 Å². The summed E-state index contributed by atoms with van der Waals surface area (Å²) in [6.45, 7) is 10.5. The molecular formula is C27H39N6O2+. The van der Waals surface area contributed by atoms with Gasteiger partial charge in [-0.2, -0.15) is 4.98 Å². The van der Waals surface area contributed by atoms with Gasteiger partial charge in [0.1, 0.15) is 12.1 Å². The first-order valence-electron chi connectivity index (χ1n) is 12.2. The Bertz CT molecular complexity index is 1160. The Hall–Kier alpha value is -3.26. The molecule has 0 aliphatic carbocycles. The van der Waals surface area contributed by atoms with Crippen LogP contribution >= 0.6 is 0 Å². The third-order valence-corrected chi connectivity index (χ3v) is 6.71. The van der Waals surface area contributed by atoms with Crippen LogP contribution in [0.4, 0.5) is 11.8 Å². The number of carbonyl (C=O) groups excluding carboxylic acids is 1. The van der Waals surface area contributed by atoms with Crippen LogP contribution in [0.2, 0.25) is 0 Å². The normalized spacial score (nSPS) is 13.4. The molecule has 0 spiro atoms. The fourth-order valence-electron chi connectivity index (χ4n) is 3.93. The van der Waals surface area contributed by atoms with E-state index in [9.17, 15) is 4.79 Å². The number of rotatable bonds is 10. The molecule has 0 amide bonds. The number of hydrogen-bond donors (Lipinski definition) is 2. The lowest BCUT2D eigenvalue weighted by molar-refractivity contribution is -0.959. The van der Waals surface area contributed by atoms with Crippen LogP contribution in [0.1, 0.15) is 57.4 Å². The quantitative estimate of drug-likeness (QED) is 0.253. The predicted octanol–water partition coefficient (Wildman–Crippen LogP) is 4.33. The number of ether oxygens (including phenoxy) is 1. The highest BCUT2D eigenvalue weighted by Crippen LogP contribution is 2.26. The second-order valence-electron chi connectivity index (χ2n) is 10.3. The van der Waals surface area contributed by atoms with Gasteiger partial charge in [-0.05, 0) is 44.9 Å². The number of nitrogens with zero attached hydrogens (tertiary/aromatic N) is 4. The molecule has 1 unspecified atom stereocenters. The zero-order chi connectivity index (χ0) is 25.6. The molecule has 3 aromatic rings. The molecule has 0 fully saturated rings. The minimum atomic E-state index is -0.198. The average Bonchev–Trinajstić information content (AvgIpc) is 2.80. The number of quaternary nitrogens is 1. The van der Waals surface area contributed by atoms with Crippen LogP contribution in [-0.4, -0.2) is 58.2 Å². The Labute approximate surface area is 208 Å². The van der Waals surface area contributed by atoms with Crippen molar-refractivity contribution in [3.63, 3.8) is 0 Å². The molecule has 188 valence electrons. The Morgan fingerprint density at radius 1 is 1.06 bits per heavy atom. The number of aromatic nitrogens is 3. The largest absolute Gasteiger partial charge is 0.465 e. The Balaban J connectivity index is 1.79. The minimum absolute atomic E-state index is 0.115. The highest BCUT2D eigenvalue weighted by atomic mass is 16.5. The summed E-state index contributed by atoms with van der Waals surface area (Å²) in [5.41, 5.74) is 10.5. The molecule has 1 atom stereocenters. The number of hydrogen-bond acceptors (Lipinski definition) is 7. The van der Waals surface area contributed by atoms with Gasteiger partial charge in [-0.1, -0.05) is 37.6 Å². The topological polar surface area (TPSA) is 103 Å². The van der Waals surface area contributed by atoms with Crippen LogP contribution in [0.5, 0.6) is 0 Å². The minimum Gasteiger partial charge on any atom is -0.465 e. The number of methoxy groups -OCH3 is 1. The fraction of sp³-hybridized carbons (Fsp3) is 0.481.